The van der Waals surface area contributed by atoms with Crippen molar-refractivity contribution in [2.45, 2.75) is 12.7 Å². The first-order valence-corrected chi connectivity index (χ1v) is 8.27. The van der Waals surface area contributed by atoms with Gasteiger partial charge in [-0.1, -0.05) is 11.6 Å². The number of pyridine rings is 1. The van der Waals surface area contributed by atoms with E-state index in [1.54, 1.807) is 24.5 Å². The molecule has 28 heavy (non-hydrogen) atoms. The van der Waals surface area contributed by atoms with Crippen LogP contribution in [0.3, 0.4) is 0 Å². The highest BCUT2D eigenvalue weighted by Crippen LogP contribution is 2.33. The van der Waals surface area contributed by atoms with Crippen LogP contribution in [0, 0.1) is 0 Å². The van der Waals surface area contributed by atoms with E-state index in [1.807, 2.05) is 0 Å². The van der Waals surface area contributed by atoms with Crippen molar-refractivity contribution in [3.63, 3.8) is 0 Å². The lowest BCUT2D eigenvalue weighted by Gasteiger charge is -2.12. The number of alkyl halides is 3. The minimum absolute atomic E-state index is 0.0641. The minimum Gasteiger partial charge on any atom is -0.323 e. The third kappa shape index (κ3) is 4.55. The molecule has 144 valence electrons. The van der Waals surface area contributed by atoms with Gasteiger partial charge < -0.3 is 5.32 Å². The van der Waals surface area contributed by atoms with Crippen LogP contribution in [0.15, 0.2) is 59.7 Å². The molecule has 0 aliphatic rings. The lowest BCUT2D eigenvalue weighted by molar-refractivity contribution is -0.137. The van der Waals surface area contributed by atoms with Gasteiger partial charge in [-0.05, 0) is 36.4 Å². The van der Waals surface area contributed by atoms with Crippen molar-refractivity contribution in [1.82, 2.24) is 14.8 Å². The molecule has 10 heteroatoms. The molecule has 0 unspecified atom stereocenters. The van der Waals surface area contributed by atoms with Crippen molar-refractivity contribution in [3.8, 4) is 11.3 Å². The van der Waals surface area contributed by atoms with Gasteiger partial charge in [0.15, 0.2) is 0 Å². The molecule has 0 fully saturated rings. The molecule has 0 aliphatic heterocycles. The van der Waals surface area contributed by atoms with Crippen LogP contribution in [-0.2, 0) is 17.5 Å². The molecule has 0 aliphatic carbocycles. The van der Waals surface area contributed by atoms with E-state index in [2.05, 4.69) is 15.4 Å². The molecule has 1 aromatic carbocycles. The van der Waals surface area contributed by atoms with Crippen molar-refractivity contribution < 1.29 is 18.0 Å². The number of hydrogen-bond acceptors (Lipinski definition) is 4. The first kappa shape index (κ1) is 19.6. The molecule has 0 bridgehead atoms. The summed E-state index contributed by atoms with van der Waals surface area (Å²) in [5.41, 5.74) is -0.660. The Morgan fingerprint density at radius 3 is 2.64 bits per heavy atom. The zero-order valence-corrected chi connectivity index (χ0v) is 14.8. The molecule has 3 aromatic rings. The Morgan fingerprint density at radius 1 is 1.18 bits per heavy atom. The van der Waals surface area contributed by atoms with Gasteiger partial charge in [0.1, 0.15) is 6.54 Å². The fourth-order valence-electron chi connectivity index (χ4n) is 2.35. The standard InChI is InChI=1S/C18H12ClF3N4O2/c19-13-4-3-12(18(20,21)22)8-15(13)24-16(27)10-26-17(28)6-5-14(25-26)11-2-1-7-23-9-11/h1-9H,10H2,(H,24,27). The number of amides is 1. The van der Waals surface area contributed by atoms with Gasteiger partial charge in [0.25, 0.3) is 5.56 Å². The Hall–Kier alpha value is -3.20. The number of nitrogens with one attached hydrogen (secondary N) is 1. The molecule has 0 spiro atoms. The lowest BCUT2D eigenvalue weighted by Crippen LogP contribution is -2.29. The third-order valence-electron chi connectivity index (χ3n) is 3.69. The molecule has 0 atom stereocenters. The Bertz CT molecular complexity index is 1070. The second kappa shape index (κ2) is 7.81. The predicted molar refractivity (Wildman–Crippen MR) is 96.8 cm³/mol. The number of carbonyl (C=O) groups excluding carboxylic acids is 1. The summed E-state index contributed by atoms with van der Waals surface area (Å²) in [7, 11) is 0. The maximum Gasteiger partial charge on any atom is 0.416 e. The van der Waals surface area contributed by atoms with Crippen LogP contribution >= 0.6 is 11.6 Å². The van der Waals surface area contributed by atoms with Crippen molar-refractivity contribution in [2.75, 3.05) is 5.32 Å². The largest absolute Gasteiger partial charge is 0.416 e. The van der Waals surface area contributed by atoms with Gasteiger partial charge in [-0.25, -0.2) is 4.68 Å². The number of halogens is 4. The summed E-state index contributed by atoms with van der Waals surface area (Å²) in [5, 5.41) is 6.30. The Kier molecular flexibility index (Phi) is 5.46. The SMILES string of the molecule is O=C(Cn1nc(-c2cccnc2)ccc1=O)Nc1cc(C(F)(F)F)ccc1Cl. The van der Waals surface area contributed by atoms with Gasteiger partial charge in [-0.15, -0.1) is 0 Å². The van der Waals surface area contributed by atoms with Crippen LogP contribution in [0.4, 0.5) is 18.9 Å². The van der Waals surface area contributed by atoms with Gasteiger partial charge >= 0.3 is 6.18 Å². The van der Waals surface area contributed by atoms with Gasteiger partial charge in [-0.3, -0.25) is 14.6 Å². The molecular weight excluding hydrogens is 397 g/mol. The fraction of sp³-hybridized carbons (Fsp3) is 0.111. The normalized spacial score (nSPS) is 11.3. The zero-order valence-electron chi connectivity index (χ0n) is 14.1. The van der Waals surface area contributed by atoms with E-state index >= 15 is 0 Å². The van der Waals surface area contributed by atoms with Crippen LogP contribution < -0.4 is 10.9 Å². The molecule has 3 rings (SSSR count). The summed E-state index contributed by atoms with van der Waals surface area (Å²) >= 11 is 5.86. The summed E-state index contributed by atoms with van der Waals surface area (Å²) in [6.45, 7) is -0.500. The number of rotatable bonds is 4. The number of benzene rings is 1. The molecule has 6 nitrogen and oxygen atoms in total. The molecule has 0 saturated heterocycles. The van der Waals surface area contributed by atoms with E-state index < -0.39 is 29.8 Å². The third-order valence-corrected chi connectivity index (χ3v) is 4.01. The quantitative estimate of drug-likeness (QED) is 0.715. The Labute approximate surface area is 161 Å². The topological polar surface area (TPSA) is 76.9 Å². The number of aromatic nitrogens is 3. The second-order valence-electron chi connectivity index (χ2n) is 5.70. The van der Waals surface area contributed by atoms with E-state index in [9.17, 15) is 22.8 Å². The van der Waals surface area contributed by atoms with E-state index in [0.29, 0.717) is 11.3 Å². The maximum absolute atomic E-state index is 12.8. The molecule has 1 amide bonds. The zero-order chi connectivity index (χ0) is 20.3. The van der Waals surface area contributed by atoms with E-state index in [4.69, 9.17) is 11.6 Å². The van der Waals surface area contributed by atoms with Crippen LogP contribution in [0.2, 0.25) is 5.02 Å². The number of hydrogen-bond donors (Lipinski definition) is 1. The van der Waals surface area contributed by atoms with Crippen molar-refractivity contribution in [1.29, 1.82) is 0 Å². The summed E-state index contributed by atoms with van der Waals surface area (Å²) in [4.78, 5) is 28.2. The Balaban J connectivity index is 1.82. The molecule has 2 aromatic heterocycles. The van der Waals surface area contributed by atoms with E-state index in [-0.39, 0.29) is 10.7 Å². The van der Waals surface area contributed by atoms with Crippen LogP contribution in [-0.4, -0.2) is 20.7 Å². The second-order valence-corrected chi connectivity index (χ2v) is 6.10. The Morgan fingerprint density at radius 2 is 1.96 bits per heavy atom. The van der Waals surface area contributed by atoms with Crippen LogP contribution in [0.25, 0.3) is 11.3 Å². The van der Waals surface area contributed by atoms with Crippen LogP contribution in [0.5, 0.6) is 0 Å². The summed E-state index contributed by atoms with van der Waals surface area (Å²) in [6.07, 6.45) is -1.47. The highest BCUT2D eigenvalue weighted by atomic mass is 35.5. The minimum atomic E-state index is -4.58. The predicted octanol–water partition coefficient (Wildman–Crippen LogP) is 3.62. The number of carbonyl (C=O) groups is 1. The maximum atomic E-state index is 12.8. The van der Waals surface area contributed by atoms with Gasteiger partial charge in [0, 0.05) is 24.0 Å². The first-order valence-electron chi connectivity index (χ1n) is 7.89. The average Bonchev–Trinajstić information content (AvgIpc) is 2.65. The summed E-state index contributed by atoms with van der Waals surface area (Å²) in [6, 6.07) is 8.70. The average molecular weight is 409 g/mol. The molecule has 0 radical (unpaired) electrons. The monoisotopic (exact) mass is 408 g/mol. The molecular formula is C18H12ClF3N4O2. The fourth-order valence-corrected chi connectivity index (χ4v) is 2.52. The summed E-state index contributed by atoms with van der Waals surface area (Å²) in [5.74, 6) is -0.751. The van der Waals surface area contributed by atoms with Crippen molar-refractivity contribution >= 4 is 23.2 Å². The van der Waals surface area contributed by atoms with E-state index in [1.165, 1.54) is 12.1 Å². The summed E-state index contributed by atoms with van der Waals surface area (Å²) < 4.78 is 39.4. The number of anilines is 1. The lowest BCUT2D eigenvalue weighted by atomic mass is 10.2. The van der Waals surface area contributed by atoms with Crippen LogP contribution in [0.1, 0.15) is 5.56 Å². The van der Waals surface area contributed by atoms with E-state index in [0.717, 1.165) is 22.9 Å². The number of nitrogens with zero attached hydrogens (tertiary/aromatic N) is 3. The van der Waals surface area contributed by atoms with Gasteiger partial charge in [-0.2, -0.15) is 18.3 Å². The van der Waals surface area contributed by atoms with Crippen molar-refractivity contribution in [2.24, 2.45) is 0 Å². The molecule has 2 heterocycles. The first-order chi connectivity index (χ1) is 13.2. The molecule has 1 N–H and O–H groups in total. The molecule has 0 saturated carbocycles. The smallest absolute Gasteiger partial charge is 0.323 e. The van der Waals surface area contributed by atoms with Crippen molar-refractivity contribution in [3.05, 3.63) is 75.8 Å². The highest BCUT2D eigenvalue weighted by molar-refractivity contribution is 6.33. The van der Waals surface area contributed by atoms with Gasteiger partial charge in [0.05, 0.1) is 22.0 Å². The highest BCUT2D eigenvalue weighted by Gasteiger charge is 2.31. The van der Waals surface area contributed by atoms with Gasteiger partial charge in [0.2, 0.25) is 5.91 Å².